The molecule has 1 heterocycles. The summed E-state index contributed by atoms with van der Waals surface area (Å²) >= 11 is 0. The number of carbonyl (C=O) groups excluding carboxylic acids is 2. The summed E-state index contributed by atoms with van der Waals surface area (Å²) in [6.45, 7) is 9.10. The van der Waals surface area contributed by atoms with Crippen molar-refractivity contribution in [2.75, 3.05) is 26.2 Å². The highest BCUT2D eigenvalue weighted by molar-refractivity contribution is 5.96. The van der Waals surface area contributed by atoms with Gasteiger partial charge in [-0.05, 0) is 63.0 Å². The van der Waals surface area contributed by atoms with E-state index < -0.39 is 0 Å². The van der Waals surface area contributed by atoms with Crippen LogP contribution in [0.3, 0.4) is 0 Å². The molecule has 0 unspecified atom stereocenters. The third kappa shape index (κ3) is 7.48. The van der Waals surface area contributed by atoms with E-state index in [0.29, 0.717) is 36.8 Å². The Balaban J connectivity index is 1.80. The molecule has 0 N–H and O–H groups in total. The molecule has 184 valence electrons. The highest BCUT2D eigenvalue weighted by Crippen LogP contribution is 2.29. The molecular weight excluding hydrogens is 412 g/mol. The second kappa shape index (κ2) is 13.0. The SMILES string of the molecule is CCN1CCCCCN(C(=O)CCC2CCCC2)[C@@H](CC(C)C)COc2ccccc2C1=O. The Bertz CT molecular complexity index is 757. The van der Waals surface area contributed by atoms with Crippen molar-refractivity contribution in [1.82, 2.24) is 9.80 Å². The first-order valence-corrected chi connectivity index (χ1v) is 13.3. The summed E-state index contributed by atoms with van der Waals surface area (Å²) in [5.74, 6) is 2.14. The van der Waals surface area contributed by atoms with E-state index in [2.05, 4.69) is 18.7 Å². The molecular formula is C28H44N2O3. The van der Waals surface area contributed by atoms with E-state index in [1.54, 1.807) is 0 Å². The molecule has 0 radical (unpaired) electrons. The van der Waals surface area contributed by atoms with Gasteiger partial charge in [-0.1, -0.05) is 51.7 Å². The second-order valence-electron chi connectivity index (χ2n) is 10.3. The molecule has 1 aromatic carbocycles. The molecule has 0 aromatic heterocycles. The van der Waals surface area contributed by atoms with Crippen LogP contribution in [0.25, 0.3) is 0 Å². The number of hydrogen-bond acceptors (Lipinski definition) is 3. The zero-order chi connectivity index (χ0) is 23.6. The van der Waals surface area contributed by atoms with Gasteiger partial charge in [0.2, 0.25) is 5.91 Å². The highest BCUT2D eigenvalue weighted by Gasteiger charge is 2.27. The van der Waals surface area contributed by atoms with Crippen molar-refractivity contribution in [1.29, 1.82) is 0 Å². The Kier molecular flexibility index (Phi) is 10.1. The van der Waals surface area contributed by atoms with E-state index in [9.17, 15) is 9.59 Å². The molecule has 1 fully saturated rings. The highest BCUT2D eigenvalue weighted by atomic mass is 16.5. The van der Waals surface area contributed by atoms with Gasteiger partial charge in [0.1, 0.15) is 12.4 Å². The summed E-state index contributed by atoms with van der Waals surface area (Å²) < 4.78 is 6.29. The maximum atomic E-state index is 13.4. The minimum absolute atomic E-state index is 0.0345. The lowest BCUT2D eigenvalue weighted by Gasteiger charge is -2.33. The molecule has 0 saturated heterocycles. The predicted molar refractivity (Wildman–Crippen MR) is 134 cm³/mol. The van der Waals surface area contributed by atoms with Crippen LogP contribution in [-0.4, -0.2) is 53.9 Å². The number of hydrogen-bond donors (Lipinski definition) is 0. The monoisotopic (exact) mass is 456 g/mol. The zero-order valence-electron chi connectivity index (χ0n) is 21.1. The maximum Gasteiger partial charge on any atom is 0.257 e. The molecule has 1 saturated carbocycles. The fraction of sp³-hybridized carbons (Fsp3) is 0.714. The molecule has 5 heteroatoms. The summed E-state index contributed by atoms with van der Waals surface area (Å²) in [6, 6.07) is 7.60. The largest absolute Gasteiger partial charge is 0.491 e. The van der Waals surface area contributed by atoms with Gasteiger partial charge in [-0.3, -0.25) is 9.59 Å². The number of rotatable bonds is 6. The smallest absolute Gasteiger partial charge is 0.257 e. The van der Waals surface area contributed by atoms with Gasteiger partial charge in [0, 0.05) is 26.1 Å². The number of carbonyl (C=O) groups is 2. The molecule has 0 spiro atoms. The van der Waals surface area contributed by atoms with Crippen LogP contribution in [0.1, 0.15) is 95.3 Å². The number of ether oxygens (including phenoxy) is 1. The first kappa shape index (κ1) is 25.6. The van der Waals surface area contributed by atoms with E-state index in [4.69, 9.17) is 4.74 Å². The van der Waals surface area contributed by atoms with Crippen molar-refractivity contribution < 1.29 is 14.3 Å². The molecule has 1 aliphatic carbocycles. The first-order chi connectivity index (χ1) is 16.0. The van der Waals surface area contributed by atoms with Crippen LogP contribution < -0.4 is 4.74 Å². The minimum Gasteiger partial charge on any atom is -0.491 e. The quantitative estimate of drug-likeness (QED) is 0.533. The normalized spacial score (nSPS) is 21.2. The average Bonchev–Trinajstić information content (AvgIpc) is 3.33. The van der Waals surface area contributed by atoms with Crippen molar-refractivity contribution in [2.45, 2.75) is 91.0 Å². The van der Waals surface area contributed by atoms with Gasteiger partial charge in [-0.25, -0.2) is 0 Å². The average molecular weight is 457 g/mol. The van der Waals surface area contributed by atoms with Crippen molar-refractivity contribution in [3.05, 3.63) is 29.8 Å². The van der Waals surface area contributed by atoms with Crippen molar-refractivity contribution >= 4 is 11.8 Å². The molecule has 33 heavy (non-hydrogen) atoms. The molecule has 0 bridgehead atoms. The number of amides is 2. The summed E-state index contributed by atoms with van der Waals surface area (Å²) in [5, 5.41) is 0. The van der Waals surface area contributed by atoms with Gasteiger partial charge in [-0.15, -0.1) is 0 Å². The minimum atomic E-state index is 0.0345. The van der Waals surface area contributed by atoms with Crippen LogP contribution in [0.2, 0.25) is 0 Å². The van der Waals surface area contributed by atoms with Crippen LogP contribution in [-0.2, 0) is 4.79 Å². The molecule has 1 aromatic rings. The van der Waals surface area contributed by atoms with Crippen LogP contribution in [0, 0.1) is 11.8 Å². The Labute approximate surface area is 200 Å². The van der Waals surface area contributed by atoms with Crippen LogP contribution in [0.5, 0.6) is 5.75 Å². The van der Waals surface area contributed by atoms with Crippen molar-refractivity contribution in [2.24, 2.45) is 11.8 Å². The molecule has 5 nitrogen and oxygen atoms in total. The summed E-state index contributed by atoms with van der Waals surface area (Å²) in [6.07, 6.45) is 10.7. The zero-order valence-corrected chi connectivity index (χ0v) is 21.1. The van der Waals surface area contributed by atoms with Crippen LogP contribution in [0.15, 0.2) is 24.3 Å². The molecule has 1 atom stereocenters. The molecule has 1 aliphatic heterocycles. The fourth-order valence-electron chi connectivity index (χ4n) is 5.40. The Morgan fingerprint density at radius 2 is 1.79 bits per heavy atom. The van der Waals surface area contributed by atoms with Crippen molar-refractivity contribution in [3.8, 4) is 5.75 Å². The van der Waals surface area contributed by atoms with Gasteiger partial charge >= 0.3 is 0 Å². The van der Waals surface area contributed by atoms with Gasteiger partial charge < -0.3 is 14.5 Å². The fourth-order valence-corrected chi connectivity index (χ4v) is 5.40. The summed E-state index contributed by atoms with van der Waals surface area (Å²) in [4.78, 5) is 30.7. The second-order valence-corrected chi connectivity index (χ2v) is 10.3. The lowest BCUT2D eigenvalue weighted by molar-refractivity contribution is -0.135. The maximum absolute atomic E-state index is 13.4. The van der Waals surface area contributed by atoms with E-state index in [-0.39, 0.29) is 17.9 Å². The van der Waals surface area contributed by atoms with Gasteiger partial charge in [0.25, 0.3) is 5.91 Å². The number of para-hydroxylation sites is 1. The Morgan fingerprint density at radius 1 is 1.06 bits per heavy atom. The molecule has 3 rings (SSSR count). The van der Waals surface area contributed by atoms with Crippen LogP contribution in [0.4, 0.5) is 0 Å². The van der Waals surface area contributed by atoms with E-state index in [0.717, 1.165) is 51.1 Å². The number of nitrogens with zero attached hydrogens (tertiary/aromatic N) is 2. The predicted octanol–water partition coefficient (Wildman–Crippen LogP) is 5.93. The summed E-state index contributed by atoms with van der Waals surface area (Å²) in [5.41, 5.74) is 0.626. The molecule has 2 aliphatic rings. The van der Waals surface area contributed by atoms with E-state index in [1.807, 2.05) is 36.1 Å². The Morgan fingerprint density at radius 3 is 2.52 bits per heavy atom. The van der Waals surface area contributed by atoms with Gasteiger partial charge in [-0.2, -0.15) is 0 Å². The summed E-state index contributed by atoms with van der Waals surface area (Å²) in [7, 11) is 0. The Hall–Kier alpha value is -2.04. The van der Waals surface area contributed by atoms with Crippen molar-refractivity contribution in [3.63, 3.8) is 0 Å². The van der Waals surface area contributed by atoms with E-state index in [1.165, 1.54) is 25.7 Å². The van der Waals surface area contributed by atoms with Gasteiger partial charge in [0.15, 0.2) is 0 Å². The lowest BCUT2D eigenvalue weighted by atomic mass is 9.99. The standard InChI is InChI=1S/C28H44N2O3/c1-4-29-18-10-5-11-19-30(27(31)17-16-23-12-6-7-13-23)24(20-22(2)3)21-33-26-15-9-8-14-25(26)28(29)32/h8-9,14-15,22-24H,4-7,10-13,16-21H2,1-3H3/t24-/m0/s1. The number of fused-ring (bicyclic) bond motifs is 1. The van der Waals surface area contributed by atoms with E-state index >= 15 is 0 Å². The molecule has 2 amide bonds. The topological polar surface area (TPSA) is 49.9 Å². The third-order valence-corrected chi connectivity index (χ3v) is 7.29. The van der Waals surface area contributed by atoms with Crippen LogP contribution >= 0.6 is 0 Å². The first-order valence-electron chi connectivity index (χ1n) is 13.3. The third-order valence-electron chi connectivity index (χ3n) is 7.29. The van der Waals surface area contributed by atoms with Gasteiger partial charge in [0.05, 0.1) is 11.6 Å². The lowest BCUT2D eigenvalue weighted by Crippen LogP contribution is -2.45. The number of benzene rings is 1.